The van der Waals surface area contributed by atoms with E-state index in [1.54, 1.807) is 31.2 Å². The van der Waals surface area contributed by atoms with E-state index in [0.29, 0.717) is 24.3 Å². The van der Waals surface area contributed by atoms with E-state index in [1.165, 1.54) is 32.1 Å². The number of carbonyl (C=O) groups is 2. The van der Waals surface area contributed by atoms with Gasteiger partial charge in [-0.05, 0) is 123 Å². The molecule has 324 valence electrons. The summed E-state index contributed by atoms with van der Waals surface area (Å²) in [4.78, 5) is 23.6. The van der Waals surface area contributed by atoms with E-state index in [0.717, 1.165) is 74.1 Å². The lowest BCUT2D eigenvalue weighted by Gasteiger charge is -2.26. The summed E-state index contributed by atoms with van der Waals surface area (Å²) in [5.41, 5.74) is 14.7. The molecule has 0 saturated heterocycles. The van der Waals surface area contributed by atoms with Crippen LogP contribution in [-0.4, -0.2) is 54.8 Å². The monoisotopic (exact) mass is 812 g/mol. The van der Waals surface area contributed by atoms with Gasteiger partial charge in [-0.25, -0.2) is 0 Å². The highest BCUT2D eigenvalue weighted by atomic mass is 16.5. The van der Waals surface area contributed by atoms with Crippen LogP contribution in [0.25, 0.3) is 0 Å². The Morgan fingerprint density at radius 3 is 1.37 bits per heavy atom. The zero-order valence-corrected chi connectivity index (χ0v) is 36.7. The SMILES string of the molecule is CC(C)(c1ccc(O)cc1)c1ccc(O)cc1.CCNCCCCCCCC(=O)COc1ccc(C(C)(C)c2ccc(OC(=O)CC)cc2)cc1.NCCCCCCN. The van der Waals surface area contributed by atoms with Crippen molar-refractivity contribution in [2.45, 2.75) is 123 Å². The van der Waals surface area contributed by atoms with Gasteiger partial charge >= 0.3 is 5.97 Å². The number of ether oxygens (including phenoxy) is 2. The number of nitrogens with two attached hydrogens (primary N) is 2. The second-order valence-corrected chi connectivity index (χ2v) is 15.9. The van der Waals surface area contributed by atoms with Crippen molar-refractivity contribution in [1.82, 2.24) is 5.32 Å². The molecule has 0 aliphatic heterocycles. The highest BCUT2D eigenvalue weighted by Crippen LogP contribution is 2.34. The molecule has 0 saturated carbocycles. The van der Waals surface area contributed by atoms with Gasteiger partial charge in [-0.2, -0.15) is 0 Å². The lowest BCUT2D eigenvalue weighted by atomic mass is 9.78. The van der Waals surface area contributed by atoms with Crippen LogP contribution in [0.1, 0.15) is 134 Å². The number of rotatable bonds is 23. The average molecular weight is 812 g/mol. The van der Waals surface area contributed by atoms with Crippen molar-refractivity contribution in [1.29, 1.82) is 0 Å². The molecule has 0 atom stereocenters. The Kier molecular flexibility index (Phi) is 23.8. The molecule has 0 bridgehead atoms. The molecule has 0 aliphatic rings. The van der Waals surface area contributed by atoms with E-state index in [-0.39, 0.29) is 40.7 Å². The number of phenols is 2. The summed E-state index contributed by atoms with van der Waals surface area (Å²) in [5.74, 6) is 1.73. The number of hydrogen-bond donors (Lipinski definition) is 5. The van der Waals surface area contributed by atoms with Crippen LogP contribution in [0, 0.1) is 0 Å². The fraction of sp³-hybridized carbons (Fsp3) is 0.480. The maximum absolute atomic E-state index is 12.1. The standard InChI is InChI=1S/C29H41NO4.C15H16O2.C6H16N2/c1-5-28(32)34-27-19-15-24(16-20-27)29(3,4)23-13-17-26(18-14-23)33-22-25(31)12-10-8-7-9-11-21-30-6-2;1-15(2,11-3-7-13(16)8-4-11)12-5-9-14(17)10-6-12;7-5-3-1-2-4-6-8/h13-20,30H,5-12,21-22H2,1-4H3;3-10,16-17H,1-2H3;1-8H2. The van der Waals surface area contributed by atoms with Crippen LogP contribution in [0.15, 0.2) is 97.1 Å². The lowest BCUT2D eigenvalue weighted by molar-refractivity contribution is -0.134. The molecular weight excluding hydrogens is 739 g/mol. The minimum absolute atomic E-state index is 0.126. The van der Waals surface area contributed by atoms with Crippen molar-refractivity contribution < 1.29 is 29.3 Å². The molecule has 9 nitrogen and oxygen atoms in total. The number of unbranched alkanes of at least 4 members (excludes halogenated alkanes) is 7. The van der Waals surface area contributed by atoms with Crippen molar-refractivity contribution in [2.24, 2.45) is 11.5 Å². The second-order valence-electron chi connectivity index (χ2n) is 15.9. The van der Waals surface area contributed by atoms with Crippen LogP contribution >= 0.6 is 0 Å². The van der Waals surface area contributed by atoms with Crippen molar-refractivity contribution in [3.8, 4) is 23.0 Å². The van der Waals surface area contributed by atoms with E-state index >= 15 is 0 Å². The molecule has 0 radical (unpaired) electrons. The van der Waals surface area contributed by atoms with Gasteiger partial charge in [0.15, 0.2) is 5.78 Å². The summed E-state index contributed by atoms with van der Waals surface area (Å²) in [6.07, 6.45) is 11.4. The molecule has 0 heterocycles. The Labute approximate surface area is 354 Å². The van der Waals surface area contributed by atoms with Gasteiger partial charge < -0.3 is 36.5 Å². The minimum Gasteiger partial charge on any atom is -0.508 e. The van der Waals surface area contributed by atoms with Gasteiger partial charge in [0.2, 0.25) is 0 Å². The van der Waals surface area contributed by atoms with Gasteiger partial charge in [0, 0.05) is 23.7 Å². The van der Waals surface area contributed by atoms with Gasteiger partial charge in [0.1, 0.15) is 29.6 Å². The summed E-state index contributed by atoms with van der Waals surface area (Å²) in [6, 6.07) is 30.0. The Hall–Kier alpha value is -4.70. The van der Waals surface area contributed by atoms with Crippen molar-refractivity contribution >= 4 is 11.8 Å². The van der Waals surface area contributed by atoms with Crippen LogP contribution in [-0.2, 0) is 20.4 Å². The summed E-state index contributed by atoms with van der Waals surface area (Å²) in [5, 5.41) is 21.9. The Balaban J connectivity index is 0.000000393. The molecule has 59 heavy (non-hydrogen) atoms. The first-order chi connectivity index (χ1) is 28.3. The summed E-state index contributed by atoms with van der Waals surface area (Å²) < 4.78 is 11.0. The number of esters is 1. The number of benzene rings is 4. The summed E-state index contributed by atoms with van der Waals surface area (Å²) in [7, 11) is 0. The average Bonchev–Trinajstić information content (AvgIpc) is 3.23. The van der Waals surface area contributed by atoms with Crippen molar-refractivity contribution in [3.63, 3.8) is 0 Å². The first-order valence-corrected chi connectivity index (χ1v) is 21.5. The van der Waals surface area contributed by atoms with Crippen molar-refractivity contribution in [3.05, 3.63) is 119 Å². The number of carbonyl (C=O) groups excluding carboxylic acids is 2. The smallest absolute Gasteiger partial charge is 0.310 e. The van der Waals surface area contributed by atoms with E-state index in [1.807, 2.05) is 72.8 Å². The van der Waals surface area contributed by atoms with Gasteiger partial charge in [0.25, 0.3) is 0 Å². The minimum atomic E-state index is -0.239. The van der Waals surface area contributed by atoms with Crippen LogP contribution in [0.2, 0.25) is 0 Å². The predicted molar refractivity (Wildman–Crippen MR) is 243 cm³/mol. The topological polar surface area (TPSA) is 157 Å². The van der Waals surface area contributed by atoms with Gasteiger partial charge in [-0.15, -0.1) is 0 Å². The molecule has 0 amide bonds. The Morgan fingerprint density at radius 2 is 0.949 bits per heavy atom. The molecular formula is C50H73N3O6. The number of ketones is 1. The van der Waals surface area contributed by atoms with Crippen molar-refractivity contribution in [2.75, 3.05) is 32.8 Å². The fourth-order valence-electron chi connectivity index (χ4n) is 6.36. The van der Waals surface area contributed by atoms with Gasteiger partial charge in [0.05, 0.1) is 0 Å². The fourth-order valence-corrected chi connectivity index (χ4v) is 6.36. The third kappa shape index (κ3) is 19.3. The van der Waals surface area contributed by atoms with E-state index in [2.05, 4.69) is 39.9 Å². The predicted octanol–water partition coefficient (Wildman–Crippen LogP) is 10.1. The summed E-state index contributed by atoms with van der Waals surface area (Å²) in [6.45, 7) is 16.3. The van der Waals surface area contributed by atoms with E-state index < -0.39 is 0 Å². The molecule has 4 aromatic rings. The number of nitrogens with one attached hydrogen (secondary N) is 1. The molecule has 9 heteroatoms. The first-order valence-electron chi connectivity index (χ1n) is 21.5. The van der Waals surface area contributed by atoms with Crippen LogP contribution in [0.3, 0.4) is 0 Å². The molecule has 4 aromatic carbocycles. The lowest BCUT2D eigenvalue weighted by Crippen LogP contribution is -2.19. The van der Waals surface area contributed by atoms with E-state index in [4.69, 9.17) is 20.9 Å². The Morgan fingerprint density at radius 1 is 0.559 bits per heavy atom. The zero-order chi connectivity index (χ0) is 43.5. The second kappa shape index (κ2) is 27.9. The quantitative estimate of drug-likeness (QED) is 0.0279. The number of aromatic hydroxyl groups is 2. The van der Waals surface area contributed by atoms with Crippen LogP contribution in [0.4, 0.5) is 0 Å². The molecule has 0 fully saturated rings. The number of phenolic OH excluding ortho intramolecular Hbond substituents is 2. The van der Waals surface area contributed by atoms with Gasteiger partial charge in [-0.1, -0.05) is 122 Å². The highest BCUT2D eigenvalue weighted by Gasteiger charge is 2.24. The molecule has 4 rings (SSSR count). The third-order valence-corrected chi connectivity index (χ3v) is 10.5. The number of hydrogen-bond acceptors (Lipinski definition) is 9. The first kappa shape index (κ1) is 50.4. The maximum atomic E-state index is 12.1. The molecule has 0 spiro atoms. The molecule has 0 unspecified atom stereocenters. The van der Waals surface area contributed by atoms with Crippen LogP contribution < -0.4 is 26.3 Å². The van der Waals surface area contributed by atoms with Crippen LogP contribution in [0.5, 0.6) is 23.0 Å². The van der Waals surface area contributed by atoms with Gasteiger partial charge in [-0.3, -0.25) is 9.59 Å². The molecule has 7 N–H and O–H groups in total. The highest BCUT2D eigenvalue weighted by molar-refractivity contribution is 5.79. The Bertz CT molecular complexity index is 1670. The summed E-state index contributed by atoms with van der Waals surface area (Å²) >= 11 is 0. The molecule has 0 aromatic heterocycles. The largest absolute Gasteiger partial charge is 0.508 e. The third-order valence-electron chi connectivity index (χ3n) is 10.5. The van der Waals surface area contributed by atoms with E-state index in [9.17, 15) is 19.8 Å². The molecule has 0 aliphatic carbocycles. The zero-order valence-electron chi connectivity index (χ0n) is 36.7. The number of Topliss-reactive ketones (excluding diaryl/α,β-unsaturated/α-hetero) is 1. The maximum Gasteiger partial charge on any atom is 0.310 e. The normalized spacial score (nSPS) is 11.1.